The minimum Gasteiger partial charge on any atom is -0.354 e. The summed E-state index contributed by atoms with van der Waals surface area (Å²) in [5.41, 5.74) is 1.53. The maximum absolute atomic E-state index is 11.7. The number of likely N-dealkylation sites (tertiary alicyclic amines) is 1. The molecule has 0 aromatic heterocycles. The van der Waals surface area contributed by atoms with Gasteiger partial charge in [-0.2, -0.15) is 0 Å². The summed E-state index contributed by atoms with van der Waals surface area (Å²) >= 11 is 0. The summed E-state index contributed by atoms with van der Waals surface area (Å²) in [5.74, 6) is 1.79. The summed E-state index contributed by atoms with van der Waals surface area (Å²) in [6.45, 7) is 4.90. The summed E-state index contributed by atoms with van der Waals surface area (Å²) < 4.78 is 23.4. The van der Waals surface area contributed by atoms with Crippen LogP contribution in [0.4, 0.5) is 0 Å². The van der Waals surface area contributed by atoms with Crippen LogP contribution >= 0.6 is 0 Å². The van der Waals surface area contributed by atoms with Gasteiger partial charge in [0.25, 0.3) is 0 Å². The van der Waals surface area contributed by atoms with Crippen LogP contribution in [0.5, 0.6) is 0 Å². The van der Waals surface area contributed by atoms with Gasteiger partial charge in [0.15, 0.2) is 15.8 Å². The van der Waals surface area contributed by atoms with Crippen molar-refractivity contribution >= 4 is 15.8 Å². The van der Waals surface area contributed by atoms with Crippen LogP contribution < -0.4 is 5.32 Å². The van der Waals surface area contributed by atoms with E-state index < -0.39 is 9.84 Å². The number of aliphatic imine (C=N–C) groups is 1. The number of hydrogen-bond donors (Lipinski definition) is 1. The van der Waals surface area contributed by atoms with Gasteiger partial charge < -0.3 is 10.2 Å². The first-order valence-corrected chi connectivity index (χ1v) is 11.6. The van der Waals surface area contributed by atoms with Crippen molar-refractivity contribution in [3.05, 3.63) is 35.9 Å². The molecule has 6 heteroatoms. The normalized spacial score (nSPS) is 31.3. The van der Waals surface area contributed by atoms with Crippen molar-refractivity contribution in [2.45, 2.75) is 44.1 Å². The van der Waals surface area contributed by atoms with Crippen molar-refractivity contribution in [2.24, 2.45) is 10.9 Å². The molecule has 0 amide bonds. The van der Waals surface area contributed by atoms with Crippen LogP contribution in [-0.4, -0.2) is 56.5 Å². The van der Waals surface area contributed by atoms with E-state index in [1.807, 2.05) is 0 Å². The van der Waals surface area contributed by atoms with Crippen molar-refractivity contribution in [1.29, 1.82) is 0 Å². The van der Waals surface area contributed by atoms with Gasteiger partial charge in [-0.15, -0.1) is 0 Å². The van der Waals surface area contributed by atoms with E-state index >= 15 is 0 Å². The number of nitrogens with one attached hydrogen (secondary N) is 1. The van der Waals surface area contributed by atoms with Crippen molar-refractivity contribution in [3.8, 4) is 0 Å². The monoisotopic (exact) mass is 375 g/mol. The Morgan fingerprint density at radius 1 is 1.27 bits per heavy atom. The maximum atomic E-state index is 11.7. The molecule has 1 N–H and O–H groups in total. The Labute approximate surface area is 156 Å². The van der Waals surface area contributed by atoms with E-state index in [0.717, 1.165) is 31.9 Å². The zero-order valence-electron chi connectivity index (χ0n) is 15.5. The molecule has 26 heavy (non-hydrogen) atoms. The number of rotatable bonds is 4. The molecule has 1 aliphatic carbocycles. The summed E-state index contributed by atoms with van der Waals surface area (Å²) in [6, 6.07) is 11.3. The molecule has 4 rings (SSSR count). The summed E-state index contributed by atoms with van der Waals surface area (Å²) in [4.78, 5) is 7.23. The van der Waals surface area contributed by atoms with Gasteiger partial charge in [0.2, 0.25) is 0 Å². The lowest BCUT2D eigenvalue weighted by molar-refractivity contribution is 0.435. The third-order valence-electron chi connectivity index (χ3n) is 5.98. The number of nitrogens with zero attached hydrogens (tertiary/aromatic N) is 2. The van der Waals surface area contributed by atoms with Crippen molar-refractivity contribution in [3.63, 3.8) is 0 Å². The van der Waals surface area contributed by atoms with Crippen molar-refractivity contribution < 1.29 is 8.42 Å². The fourth-order valence-corrected chi connectivity index (χ4v) is 5.95. The molecule has 1 aromatic carbocycles. The van der Waals surface area contributed by atoms with Gasteiger partial charge in [-0.3, -0.25) is 4.99 Å². The van der Waals surface area contributed by atoms with Gasteiger partial charge in [0.05, 0.1) is 11.5 Å². The summed E-state index contributed by atoms with van der Waals surface area (Å²) in [7, 11) is -2.83. The minimum atomic E-state index is -2.83. The SMILES string of the molecule is CC1(c2ccccc2)CCN(C(=NCC2CCS(=O)(=O)C2)NC2CC2)C1. The lowest BCUT2D eigenvalue weighted by Crippen LogP contribution is -2.43. The second kappa shape index (κ2) is 6.87. The highest BCUT2D eigenvalue weighted by Crippen LogP contribution is 2.34. The molecule has 3 aliphatic rings. The van der Waals surface area contributed by atoms with E-state index in [4.69, 9.17) is 4.99 Å². The molecular weight excluding hydrogens is 346 g/mol. The average Bonchev–Trinajstić information content (AvgIpc) is 3.25. The second-order valence-corrected chi connectivity index (χ2v) is 10.7. The predicted octanol–water partition coefficient (Wildman–Crippen LogP) is 2.19. The van der Waals surface area contributed by atoms with Crippen LogP contribution in [0, 0.1) is 5.92 Å². The zero-order valence-corrected chi connectivity index (χ0v) is 16.3. The second-order valence-electron chi connectivity index (χ2n) is 8.45. The number of benzene rings is 1. The lowest BCUT2D eigenvalue weighted by atomic mass is 9.82. The Hall–Kier alpha value is -1.56. The Morgan fingerprint density at radius 2 is 2.04 bits per heavy atom. The molecule has 5 nitrogen and oxygen atoms in total. The fourth-order valence-electron chi connectivity index (χ4n) is 4.10. The van der Waals surface area contributed by atoms with Crippen LogP contribution in [0.2, 0.25) is 0 Å². The van der Waals surface area contributed by atoms with E-state index in [2.05, 4.69) is 47.5 Å². The highest BCUT2D eigenvalue weighted by atomic mass is 32.2. The minimum absolute atomic E-state index is 0.143. The van der Waals surface area contributed by atoms with Gasteiger partial charge in [-0.1, -0.05) is 37.3 Å². The highest BCUT2D eigenvalue weighted by Gasteiger charge is 2.38. The lowest BCUT2D eigenvalue weighted by Gasteiger charge is -2.27. The summed E-state index contributed by atoms with van der Waals surface area (Å²) in [5, 5.41) is 3.59. The van der Waals surface area contributed by atoms with Gasteiger partial charge in [-0.25, -0.2) is 8.42 Å². The zero-order chi connectivity index (χ0) is 18.2. The third kappa shape index (κ3) is 4.05. The Kier molecular flexibility index (Phi) is 4.71. The molecule has 2 atom stereocenters. The molecule has 2 heterocycles. The summed E-state index contributed by atoms with van der Waals surface area (Å²) in [6.07, 6.45) is 4.28. The molecule has 2 aliphatic heterocycles. The Morgan fingerprint density at radius 3 is 2.69 bits per heavy atom. The van der Waals surface area contributed by atoms with E-state index in [1.165, 1.54) is 18.4 Å². The molecule has 0 radical (unpaired) electrons. The first-order valence-electron chi connectivity index (χ1n) is 9.75. The molecule has 2 unspecified atom stereocenters. The number of sulfone groups is 1. The molecule has 1 saturated carbocycles. The smallest absolute Gasteiger partial charge is 0.194 e. The first kappa shape index (κ1) is 17.8. The highest BCUT2D eigenvalue weighted by molar-refractivity contribution is 7.91. The van der Waals surface area contributed by atoms with Crippen LogP contribution in [0.3, 0.4) is 0 Å². The standard InChI is InChI=1S/C20H29N3O2S/c1-20(17-5-3-2-4-6-17)10-11-23(15-20)19(22-18-7-8-18)21-13-16-9-12-26(24,25)14-16/h2-6,16,18H,7-15H2,1H3,(H,21,22). The van der Waals surface area contributed by atoms with Gasteiger partial charge in [0.1, 0.15) is 0 Å². The molecule has 1 aromatic rings. The molecule has 3 fully saturated rings. The number of hydrogen-bond acceptors (Lipinski definition) is 3. The third-order valence-corrected chi connectivity index (χ3v) is 7.82. The largest absolute Gasteiger partial charge is 0.354 e. The van der Waals surface area contributed by atoms with Crippen molar-refractivity contribution in [1.82, 2.24) is 10.2 Å². The molecule has 2 saturated heterocycles. The quantitative estimate of drug-likeness (QED) is 0.647. The maximum Gasteiger partial charge on any atom is 0.194 e. The first-order chi connectivity index (χ1) is 12.4. The van der Waals surface area contributed by atoms with Gasteiger partial charge in [-0.05, 0) is 37.2 Å². The van der Waals surface area contributed by atoms with Crippen LogP contribution in [-0.2, 0) is 15.3 Å². The van der Waals surface area contributed by atoms with E-state index in [-0.39, 0.29) is 11.3 Å². The average molecular weight is 376 g/mol. The van der Waals surface area contributed by atoms with E-state index in [0.29, 0.717) is 24.1 Å². The van der Waals surface area contributed by atoms with Gasteiger partial charge >= 0.3 is 0 Å². The van der Waals surface area contributed by atoms with Crippen LogP contribution in [0.25, 0.3) is 0 Å². The van der Waals surface area contributed by atoms with E-state index in [9.17, 15) is 8.42 Å². The molecular formula is C20H29N3O2S. The van der Waals surface area contributed by atoms with Crippen LogP contribution in [0.1, 0.15) is 38.2 Å². The van der Waals surface area contributed by atoms with Crippen molar-refractivity contribution in [2.75, 3.05) is 31.1 Å². The number of guanidine groups is 1. The Bertz CT molecular complexity index is 774. The van der Waals surface area contributed by atoms with E-state index in [1.54, 1.807) is 0 Å². The fraction of sp³-hybridized carbons (Fsp3) is 0.650. The van der Waals surface area contributed by atoms with Crippen LogP contribution in [0.15, 0.2) is 35.3 Å². The molecule has 0 spiro atoms. The Balaban J connectivity index is 1.46. The topological polar surface area (TPSA) is 61.8 Å². The molecule has 142 valence electrons. The predicted molar refractivity (Wildman–Crippen MR) is 105 cm³/mol. The van der Waals surface area contributed by atoms with Gasteiger partial charge in [0, 0.05) is 31.1 Å². The molecule has 0 bridgehead atoms.